The fraction of sp³-hybridized carbons (Fsp3) is 0.111. The Labute approximate surface area is 236 Å². The predicted octanol–water partition coefficient (Wildman–Crippen LogP) is 5.94. The maximum atomic E-state index is 13.7. The van der Waals surface area contributed by atoms with Crippen LogP contribution in [0.2, 0.25) is 5.02 Å². The number of nitrogens with zero attached hydrogens (tertiary/aromatic N) is 3. The second kappa shape index (κ2) is 10.1. The van der Waals surface area contributed by atoms with Crippen molar-refractivity contribution < 1.29 is 14.3 Å². The summed E-state index contributed by atoms with van der Waals surface area (Å²) in [5.41, 5.74) is 2.34. The van der Waals surface area contributed by atoms with E-state index in [1.165, 1.54) is 32.8 Å². The van der Waals surface area contributed by atoms with Crippen LogP contribution in [0.1, 0.15) is 16.7 Å². The Morgan fingerprint density at radius 3 is 2.71 bits per heavy atom. The standard InChI is InChI=1S/C27H18ClN3O4S3/c1-15-2-9-23-29-24(37-18-6-4-17(28)5-7-18)19(25(32)30(23)12-15)11-22-26(33)31(27(36)38-22)13-16-3-8-20-21(10-16)35-14-34-20/h2-12H,13-14H2,1H3. The van der Waals surface area contributed by atoms with Crippen LogP contribution in [0.3, 0.4) is 0 Å². The first-order valence-corrected chi connectivity index (χ1v) is 13.9. The highest BCUT2D eigenvalue weighted by Gasteiger charge is 2.33. The molecule has 1 amide bonds. The first kappa shape index (κ1) is 25.0. The average molecular weight is 580 g/mol. The second-order valence-corrected chi connectivity index (χ2v) is 11.8. The van der Waals surface area contributed by atoms with Gasteiger partial charge in [0.05, 0.1) is 17.0 Å². The molecule has 4 aromatic rings. The minimum atomic E-state index is -0.270. The molecule has 4 heterocycles. The number of amides is 1. The van der Waals surface area contributed by atoms with Gasteiger partial charge in [-0.25, -0.2) is 4.98 Å². The number of benzene rings is 2. The smallest absolute Gasteiger partial charge is 0.266 e. The molecule has 1 saturated heterocycles. The Kier molecular flexibility index (Phi) is 6.65. The third kappa shape index (κ3) is 4.80. The summed E-state index contributed by atoms with van der Waals surface area (Å²) in [5.74, 6) is 1.04. The molecule has 0 saturated carbocycles. The van der Waals surface area contributed by atoms with Crippen molar-refractivity contribution >= 4 is 69.3 Å². The van der Waals surface area contributed by atoms with Crippen molar-refractivity contribution in [2.75, 3.05) is 6.79 Å². The van der Waals surface area contributed by atoms with Gasteiger partial charge in [0.25, 0.3) is 11.5 Å². The number of fused-ring (bicyclic) bond motifs is 2. The fourth-order valence-electron chi connectivity index (χ4n) is 4.04. The summed E-state index contributed by atoms with van der Waals surface area (Å²) in [6.45, 7) is 2.36. The molecular formula is C27H18ClN3O4S3. The number of thioether (sulfide) groups is 1. The van der Waals surface area contributed by atoms with E-state index in [1.807, 2.05) is 43.3 Å². The minimum Gasteiger partial charge on any atom is -0.454 e. The molecule has 6 rings (SSSR count). The van der Waals surface area contributed by atoms with Crippen LogP contribution >= 0.6 is 47.3 Å². The van der Waals surface area contributed by atoms with Gasteiger partial charge in [-0.15, -0.1) is 0 Å². The third-order valence-corrected chi connectivity index (χ3v) is 8.57. The Balaban J connectivity index is 1.38. The number of hydrogen-bond acceptors (Lipinski definition) is 8. The van der Waals surface area contributed by atoms with Gasteiger partial charge in [0.2, 0.25) is 6.79 Å². The van der Waals surface area contributed by atoms with Crippen LogP contribution in [0.15, 0.2) is 80.4 Å². The summed E-state index contributed by atoms with van der Waals surface area (Å²) in [4.78, 5) is 34.6. The lowest BCUT2D eigenvalue weighted by Crippen LogP contribution is -2.27. The summed E-state index contributed by atoms with van der Waals surface area (Å²) in [6.07, 6.45) is 3.34. The molecule has 190 valence electrons. The van der Waals surface area contributed by atoms with E-state index in [2.05, 4.69) is 0 Å². The molecule has 2 aliphatic rings. The first-order chi connectivity index (χ1) is 18.4. The molecule has 2 aliphatic heterocycles. The highest BCUT2D eigenvalue weighted by molar-refractivity contribution is 8.26. The van der Waals surface area contributed by atoms with Gasteiger partial charge in [-0.1, -0.05) is 59.5 Å². The lowest BCUT2D eigenvalue weighted by Gasteiger charge is -2.14. The molecule has 2 aromatic heterocycles. The predicted molar refractivity (Wildman–Crippen MR) is 153 cm³/mol. The van der Waals surface area contributed by atoms with E-state index in [0.717, 1.165) is 16.0 Å². The quantitative estimate of drug-likeness (QED) is 0.163. The number of carbonyl (C=O) groups is 1. The lowest BCUT2D eigenvalue weighted by atomic mass is 10.2. The molecule has 0 unspecified atom stereocenters. The van der Waals surface area contributed by atoms with Gasteiger partial charge >= 0.3 is 0 Å². The number of halogens is 1. The summed E-state index contributed by atoms with van der Waals surface area (Å²) in [6, 6.07) is 16.5. The third-order valence-electron chi connectivity index (χ3n) is 5.93. The number of pyridine rings is 1. The number of rotatable bonds is 5. The van der Waals surface area contributed by atoms with Crippen LogP contribution in [-0.4, -0.2) is 31.3 Å². The molecule has 0 radical (unpaired) electrons. The number of ether oxygens (including phenoxy) is 2. The highest BCUT2D eigenvalue weighted by Crippen LogP contribution is 2.37. The topological polar surface area (TPSA) is 73.1 Å². The average Bonchev–Trinajstić information content (AvgIpc) is 3.47. The van der Waals surface area contributed by atoms with Crippen LogP contribution in [0.5, 0.6) is 11.5 Å². The summed E-state index contributed by atoms with van der Waals surface area (Å²) in [5, 5.41) is 1.10. The van der Waals surface area contributed by atoms with Crippen LogP contribution in [-0.2, 0) is 11.3 Å². The number of thiocarbonyl (C=S) groups is 1. The van der Waals surface area contributed by atoms with Crippen LogP contribution in [0, 0.1) is 6.92 Å². The van der Waals surface area contributed by atoms with E-state index in [-0.39, 0.29) is 24.8 Å². The lowest BCUT2D eigenvalue weighted by molar-refractivity contribution is -0.122. The molecule has 2 aromatic carbocycles. The molecule has 0 N–H and O–H groups in total. The summed E-state index contributed by atoms with van der Waals surface area (Å²) < 4.78 is 12.7. The van der Waals surface area contributed by atoms with Crippen molar-refractivity contribution in [3.8, 4) is 11.5 Å². The van der Waals surface area contributed by atoms with E-state index in [1.54, 1.807) is 30.5 Å². The maximum Gasteiger partial charge on any atom is 0.266 e. The minimum absolute atomic E-state index is 0.174. The normalized spacial score (nSPS) is 15.7. The van der Waals surface area contributed by atoms with Crippen molar-refractivity contribution in [2.45, 2.75) is 23.4 Å². The van der Waals surface area contributed by atoms with Crippen molar-refractivity contribution in [3.05, 3.63) is 97.8 Å². The number of aryl methyl sites for hydroxylation is 1. The Morgan fingerprint density at radius 1 is 1.11 bits per heavy atom. The van der Waals surface area contributed by atoms with Gasteiger partial charge in [0, 0.05) is 16.1 Å². The SMILES string of the molecule is Cc1ccc2nc(Sc3ccc(Cl)cc3)c(C=C3SC(=S)N(Cc4ccc5c(c4)OCO5)C3=O)c(=O)n2c1. The molecule has 7 nitrogen and oxygen atoms in total. The van der Waals surface area contributed by atoms with Crippen molar-refractivity contribution in [1.82, 2.24) is 14.3 Å². The van der Waals surface area contributed by atoms with Crippen LogP contribution in [0.4, 0.5) is 0 Å². The van der Waals surface area contributed by atoms with Crippen molar-refractivity contribution in [2.24, 2.45) is 0 Å². The zero-order valence-corrected chi connectivity index (χ0v) is 23.0. The van der Waals surface area contributed by atoms with Crippen molar-refractivity contribution in [1.29, 1.82) is 0 Å². The number of carbonyl (C=O) groups excluding carboxylic acids is 1. The molecule has 38 heavy (non-hydrogen) atoms. The monoisotopic (exact) mass is 579 g/mol. The number of aromatic nitrogens is 2. The molecule has 0 bridgehead atoms. The molecule has 1 fully saturated rings. The largest absolute Gasteiger partial charge is 0.454 e. The van der Waals surface area contributed by atoms with E-state index >= 15 is 0 Å². The van der Waals surface area contributed by atoms with Gasteiger partial charge in [-0.3, -0.25) is 18.9 Å². The molecule has 11 heteroatoms. The Hall–Kier alpha value is -3.31. The van der Waals surface area contributed by atoms with E-state index in [0.29, 0.717) is 42.0 Å². The Bertz CT molecular complexity index is 1720. The van der Waals surface area contributed by atoms with Gasteiger partial charge < -0.3 is 9.47 Å². The number of hydrogen-bond donors (Lipinski definition) is 0. The zero-order chi connectivity index (χ0) is 26.4. The van der Waals surface area contributed by atoms with E-state index in [4.69, 9.17) is 38.3 Å². The molecular weight excluding hydrogens is 562 g/mol. The summed E-state index contributed by atoms with van der Waals surface area (Å²) in [7, 11) is 0. The van der Waals surface area contributed by atoms with Gasteiger partial charge in [0.15, 0.2) is 11.5 Å². The molecule has 0 spiro atoms. The van der Waals surface area contributed by atoms with Gasteiger partial charge in [0.1, 0.15) is 15.0 Å². The second-order valence-electron chi connectivity index (χ2n) is 8.58. The highest BCUT2D eigenvalue weighted by atomic mass is 35.5. The maximum absolute atomic E-state index is 13.7. The molecule has 0 aliphatic carbocycles. The van der Waals surface area contributed by atoms with Crippen molar-refractivity contribution in [3.63, 3.8) is 0 Å². The first-order valence-electron chi connectivity index (χ1n) is 11.5. The fourth-order valence-corrected chi connectivity index (χ4v) is 6.30. The van der Waals surface area contributed by atoms with Gasteiger partial charge in [-0.05, 0) is 66.6 Å². The van der Waals surface area contributed by atoms with E-state index < -0.39 is 0 Å². The Morgan fingerprint density at radius 2 is 1.89 bits per heavy atom. The van der Waals surface area contributed by atoms with E-state index in [9.17, 15) is 9.59 Å². The zero-order valence-electron chi connectivity index (χ0n) is 19.8. The molecule has 0 atom stereocenters. The summed E-state index contributed by atoms with van der Waals surface area (Å²) >= 11 is 14.1. The van der Waals surface area contributed by atoms with Gasteiger partial charge in [-0.2, -0.15) is 0 Å². The van der Waals surface area contributed by atoms with Crippen LogP contribution in [0.25, 0.3) is 11.7 Å². The van der Waals surface area contributed by atoms with Crippen LogP contribution < -0.4 is 15.0 Å².